The lowest BCUT2D eigenvalue weighted by Crippen LogP contribution is -2.36. The molecule has 9 nitrogen and oxygen atoms in total. The molecule has 0 atom stereocenters. The topological polar surface area (TPSA) is 118 Å². The van der Waals surface area contributed by atoms with Crippen molar-refractivity contribution in [3.05, 3.63) is 12.1 Å². The molecule has 2 heterocycles. The van der Waals surface area contributed by atoms with E-state index in [0.29, 0.717) is 29.9 Å². The summed E-state index contributed by atoms with van der Waals surface area (Å²) in [5, 5.41) is 19.0. The number of nitrogens with one attached hydrogen (secondary N) is 1. The Morgan fingerprint density at radius 3 is 2.65 bits per heavy atom. The normalized spacial score (nSPS) is 14.9. The highest BCUT2D eigenvalue weighted by Gasteiger charge is 2.19. The number of nitrogens with zero attached hydrogens (tertiary/aromatic N) is 3. The maximum Gasteiger partial charge on any atom is 0.303 e. The van der Waals surface area contributed by atoms with E-state index in [1.54, 1.807) is 6.07 Å². The number of carboxylic acids is 1. The number of amides is 1. The summed E-state index contributed by atoms with van der Waals surface area (Å²) < 4.78 is 10.1. The molecule has 1 aromatic carbocycles. The molecule has 0 saturated carbocycles. The lowest BCUT2D eigenvalue weighted by Gasteiger charge is -2.28. The zero-order valence-electron chi connectivity index (χ0n) is 12.3. The van der Waals surface area contributed by atoms with Crippen LogP contribution in [0.1, 0.15) is 12.8 Å². The number of carbonyl (C=O) groups excluding carboxylic acids is 1. The fraction of sp³-hybridized carbons (Fsp3) is 0.429. The lowest BCUT2D eigenvalue weighted by molar-refractivity contribution is -0.138. The van der Waals surface area contributed by atoms with Gasteiger partial charge in [0, 0.05) is 19.5 Å². The number of rotatable bonds is 5. The number of aliphatic carboxylic acids is 1. The van der Waals surface area contributed by atoms with Crippen LogP contribution in [0.15, 0.2) is 16.8 Å². The van der Waals surface area contributed by atoms with E-state index in [9.17, 15) is 9.59 Å². The van der Waals surface area contributed by atoms with Crippen LogP contribution in [0.4, 0.5) is 11.4 Å². The molecular weight excluding hydrogens is 304 g/mol. The molecule has 0 radical (unpaired) electrons. The number of hydrogen-bond donors (Lipinski definition) is 2. The Labute approximate surface area is 131 Å². The lowest BCUT2D eigenvalue weighted by atomic mass is 10.2. The Morgan fingerprint density at radius 2 is 1.91 bits per heavy atom. The smallest absolute Gasteiger partial charge is 0.303 e. The second kappa shape index (κ2) is 6.61. The van der Waals surface area contributed by atoms with Crippen molar-refractivity contribution in [2.75, 3.05) is 36.5 Å². The van der Waals surface area contributed by atoms with Gasteiger partial charge in [-0.05, 0) is 22.4 Å². The van der Waals surface area contributed by atoms with Gasteiger partial charge in [-0.2, -0.15) is 0 Å². The molecule has 0 aliphatic carbocycles. The molecule has 1 aliphatic rings. The maximum absolute atomic E-state index is 11.8. The highest BCUT2D eigenvalue weighted by molar-refractivity contribution is 6.03. The molecule has 0 bridgehead atoms. The molecular formula is C14H16N4O5. The molecule has 1 aliphatic heterocycles. The van der Waals surface area contributed by atoms with E-state index in [-0.39, 0.29) is 12.8 Å². The minimum Gasteiger partial charge on any atom is -0.481 e. The van der Waals surface area contributed by atoms with E-state index in [2.05, 4.69) is 20.5 Å². The highest BCUT2D eigenvalue weighted by atomic mass is 16.6. The number of hydrogen-bond acceptors (Lipinski definition) is 7. The Bertz CT molecular complexity index is 723. The Morgan fingerprint density at radius 1 is 1.17 bits per heavy atom. The van der Waals surface area contributed by atoms with Crippen LogP contribution in [0.5, 0.6) is 0 Å². The van der Waals surface area contributed by atoms with Gasteiger partial charge in [0.25, 0.3) is 0 Å². The summed E-state index contributed by atoms with van der Waals surface area (Å²) in [5.74, 6) is -1.41. The number of morpholine rings is 1. The monoisotopic (exact) mass is 320 g/mol. The number of benzene rings is 1. The number of fused-ring (bicyclic) bond motifs is 1. The quantitative estimate of drug-likeness (QED) is 0.833. The van der Waals surface area contributed by atoms with Gasteiger partial charge >= 0.3 is 5.97 Å². The van der Waals surface area contributed by atoms with Gasteiger partial charge < -0.3 is 20.1 Å². The van der Waals surface area contributed by atoms with Gasteiger partial charge in [0.1, 0.15) is 0 Å². The zero-order valence-corrected chi connectivity index (χ0v) is 12.3. The summed E-state index contributed by atoms with van der Waals surface area (Å²) in [4.78, 5) is 24.4. The summed E-state index contributed by atoms with van der Waals surface area (Å²) >= 11 is 0. The van der Waals surface area contributed by atoms with Crippen molar-refractivity contribution in [3.8, 4) is 0 Å². The van der Waals surface area contributed by atoms with Crippen molar-refractivity contribution < 1.29 is 24.1 Å². The predicted molar refractivity (Wildman–Crippen MR) is 80.3 cm³/mol. The van der Waals surface area contributed by atoms with Gasteiger partial charge in [-0.15, -0.1) is 0 Å². The van der Waals surface area contributed by atoms with Gasteiger partial charge in [0.2, 0.25) is 5.91 Å². The molecule has 2 aromatic rings. The molecule has 122 valence electrons. The van der Waals surface area contributed by atoms with E-state index >= 15 is 0 Å². The van der Waals surface area contributed by atoms with Gasteiger partial charge in [-0.1, -0.05) is 0 Å². The SMILES string of the molecule is O=C(O)CCC(=O)Nc1ccc(N2CCOCC2)c2nonc12. The zero-order chi connectivity index (χ0) is 16.2. The number of carboxylic acid groups (broad SMARTS) is 1. The molecule has 3 rings (SSSR count). The van der Waals surface area contributed by atoms with Crippen LogP contribution in [0.3, 0.4) is 0 Å². The average Bonchev–Trinajstić information content (AvgIpc) is 3.04. The first-order valence-corrected chi connectivity index (χ1v) is 7.25. The molecule has 2 N–H and O–H groups in total. The van der Waals surface area contributed by atoms with Gasteiger partial charge in [-0.25, -0.2) is 4.63 Å². The second-order valence-electron chi connectivity index (χ2n) is 5.14. The van der Waals surface area contributed by atoms with Crippen molar-refractivity contribution in [3.63, 3.8) is 0 Å². The van der Waals surface area contributed by atoms with Crippen LogP contribution in [0, 0.1) is 0 Å². The third-order valence-corrected chi connectivity index (χ3v) is 3.59. The summed E-state index contributed by atoms with van der Waals surface area (Å²) in [6.45, 7) is 2.76. The van der Waals surface area contributed by atoms with Crippen LogP contribution in [-0.2, 0) is 14.3 Å². The minimum absolute atomic E-state index is 0.104. The fourth-order valence-corrected chi connectivity index (χ4v) is 2.45. The summed E-state index contributed by atoms with van der Waals surface area (Å²) in [6.07, 6.45) is -0.328. The number of ether oxygens (including phenoxy) is 1. The average molecular weight is 320 g/mol. The molecule has 1 fully saturated rings. The third kappa shape index (κ3) is 3.39. The van der Waals surface area contributed by atoms with Crippen molar-refractivity contribution in [1.29, 1.82) is 0 Å². The fourth-order valence-electron chi connectivity index (χ4n) is 2.45. The van der Waals surface area contributed by atoms with Crippen molar-refractivity contribution >= 4 is 34.3 Å². The first-order chi connectivity index (χ1) is 11.1. The van der Waals surface area contributed by atoms with E-state index in [1.807, 2.05) is 6.07 Å². The van der Waals surface area contributed by atoms with E-state index in [1.165, 1.54) is 0 Å². The van der Waals surface area contributed by atoms with Crippen LogP contribution < -0.4 is 10.2 Å². The summed E-state index contributed by atoms with van der Waals surface area (Å²) in [6, 6.07) is 3.56. The van der Waals surface area contributed by atoms with E-state index in [4.69, 9.17) is 14.5 Å². The Hall–Kier alpha value is -2.68. The molecule has 1 aromatic heterocycles. The number of aromatic nitrogens is 2. The Balaban J connectivity index is 1.81. The van der Waals surface area contributed by atoms with Crippen LogP contribution in [-0.4, -0.2) is 53.6 Å². The van der Waals surface area contributed by atoms with Crippen LogP contribution >= 0.6 is 0 Å². The molecule has 1 saturated heterocycles. The van der Waals surface area contributed by atoms with Crippen LogP contribution in [0.2, 0.25) is 0 Å². The third-order valence-electron chi connectivity index (χ3n) is 3.59. The van der Waals surface area contributed by atoms with Crippen LogP contribution in [0.25, 0.3) is 11.0 Å². The maximum atomic E-state index is 11.8. The standard InChI is InChI=1S/C14H16N4O5/c19-11(3-4-12(20)21)15-9-1-2-10(14-13(9)16-23-17-14)18-5-7-22-8-6-18/h1-2H,3-8H2,(H,15,19)(H,20,21). The number of anilines is 2. The predicted octanol–water partition coefficient (Wildman–Crippen LogP) is 0.863. The number of carbonyl (C=O) groups is 2. The summed E-state index contributed by atoms with van der Waals surface area (Å²) in [7, 11) is 0. The van der Waals surface area contributed by atoms with Gasteiger partial charge in [0.05, 0.1) is 31.0 Å². The molecule has 9 heteroatoms. The van der Waals surface area contributed by atoms with Gasteiger partial charge in [0.15, 0.2) is 11.0 Å². The second-order valence-corrected chi connectivity index (χ2v) is 5.14. The van der Waals surface area contributed by atoms with E-state index in [0.717, 1.165) is 18.8 Å². The molecule has 0 unspecified atom stereocenters. The van der Waals surface area contributed by atoms with Crippen molar-refractivity contribution in [1.82, 2.24) is 10.3 Å². The van der Waals surface area contributed by atoms with Crippen molar-refractivity contribution in [2.45, 2.75) is 12.8 Å². The highest BCUT2D eigenvalue weighted by Crippen LogP contribution is 2.30. The first-order valence-electron chi connectivity index (χ1n) is 7.25. The Kier molecular flexibility index (Phi) is 4.38. The minimum atomic E-state index is -1.02. The molecule has 0 spiro atoms. The summed E-state index contributed by atoms with van der Waals surface area (Å²) in [5.41, 5.74) is 2.32. The first kappa shape index (κ1) is 15.2. The largest absolute Gasteiger partial charge is 0.481 e. The van der Waals surface area contributed by atoms with Gasteiger partial charge in [-0.3, -0.25) is 9.59 Å². The molecule has 1 amide bonds. The van der Waals surface area contributed by atoms with Crippen molar-refractivity contribution in [2.24, 2.45) is 0 Å². The van der Waals surface area contributed by atoms with E-state index < -0.39 is 11.9 Å². The molecule has 23 heavy (non-hydrogen) atoms.